The number of hydrogen-bond acceptors (Lipinski definition) is 0. The number of rotatable bonds is 0. The Morgan fingerprint density at radius 2 is 0.583 bits per heavy atom. The van der Waals surface area contributed by atoms with Gasteiger partial charge in [0.25, 0.3) is 0 Å². The SMILES string of the molecule is Cl.Cl.Cl.Cl.c1cc2cccc3c4cccc5cccc(c(c1)c23)c54. The predicted octanol–water partition coefficient (Wildman–Crippen LogP) is 7.42. The first kappa shape index (κ1) is 20.6. The zero-order valence-electron chi connectivity index (χ0n) is 12.6. The third-order valence-electron chi connectivity index (χ3n) is 4.39. The zero-order chi connectivity index (χ0) is 13.1. The molecule has 5 aromatic carbocycles. The van der Waals surface area contributed by atoms with E-state index in [1.807, 2.05) is 0 Å². The van der Waals surface area contributed by atoms with Gasteiger partial charge in [-0.1, -0.05) is 72.8 Å². The highest BCUT2D eigenvalue weighted by molar-refractivity contribution is 6.32. The van der Waals surface area contributed by atoms with Crippen LogP contribution in [0, 0.1) is 0 Å². The minimum atomic E-state index is 0. The molecule has 0 saturated heterocycles. The lowest BCUT2D eigenvalue weighted by Crippen LogP contribution is -1.85. The third kappa shape index (κ3) is 2.64. The van der Waals surface area contributed by atoms with E-state index < -0.39 is 0 Å². The largest absolute Gasteiger partial charge is 0.147 e. The lowest BCUT2D eigenvalue weighted by Gasteiger charge is -2.13. The van der Waals surface area contributed by atoms with Crippen molar-refractivity contribution in [2.24, 2.45) is 0 Å². The maximum absolute atomic E-state index is 2.25. The molecule has 0 N–H and O–H groups in total. The molecule has 0 spiro atoms. The molecule has 4 heteroatoms. The standard InChI is InChI=1S/C20H12.4ClH/c1-5-13-6-2-11-17-18-12-4-8-14-7-3-10-16(20(14)18)15(9-1)19(13)17;;;;/h1-12H;4*1H. The van der Waals surface area contributed by atoms with E-state index in [0.29, 0.717) is 0 Å². The molecule has 124 valence electrons. The van der Waals surface area contributed by atoms with Gasteiger partial charge < -0.3 is 0 Å². The van der Waals surface area contributed by atoms with Gasteiger partial charge in [0.05, 0.1) is 0 Å². The van der Waals surface area contributed by atoms with Crippen LogP contribution in [0.3, 0.4) is 0 Å². The van der Waals surface area contributed by atoms with Gasteiger partial charge in [0.2, 0.25) is 0 Å². The van der Waals surface area contributed by atoms with Gasteiger partial charge in [0, 0.05) is 0 Å². The Hall–Kier alpha value is -1.44. The van der Waals surface area contributed by atoms with E-state index in [0.717, 1.165) is 0 Å². The van der Waals surface area contributed by atoms with Crippen LogP contribution in [0.25, 0.3) is 43.1 Å². The fourth-order valence-corrected chi connectivity index (χ4v) is 3.58. The van der Waals surface area contributed by atoms with E-state index in [9.17, 15) is 0 Å². The van der Waals surface area contributed by atoms with Crippen molar-refractivity contribution in [2.75, 3.05) is 0 Å². The summed E-state index contributed by atoms with van der Waals surface area (Å²) in [6.45, 7) is 0. The van der Waals surface area contributed by atoms with E-state index in [4.69, 9.17) is 0 Å². The number of benzene rings is 5. The van der Waals surface area contributed by atoms with Crippen molar-refractivity contribution in [3.05, 3.63) is 72.8 Å². The van der Waals surface area contributed by atoms with Crippen molar-refractivity contribution in [2.45, 2.75) is 0 Å². The first-order valence-corrected chi connectivity index (χ1v) is 6.98. The van der Waals surface area contributed by atoms with Gasteiger partial charge in [0.1, 0.15) is 0 Å². The molecule has 24 heavy (non-hydrogen) atoms. The van der Waals surface area contributed by atoms with Crippen molar-refractivity contribution in [3.8, 4) is 0 Å². The molecule has 0 bridgehead atoms. The Morgan fingerprint density at radius 1 is 0.333 bits per heavy atom. The fourth-order valence-electron chi connectivity index (χ4n) is 3.58. The summed E-state index contributed by atoms with van der Waals surface area (Å²) in [5.74, 6) is 0. The maximum atomic E-state index is 2.25. The number of hydrogen-bond donors (Lipinski definition) is 0. The Kier molecular flexibility index (Phi) is 6.55. The second kappa shape index (κ2) is 7.63. The van der Waals surface area contributed by atoms with Crippen LogP contribution in [-0.2, 0) is 0 Å². The van der Waals surface area contributed by atoms with Gasteiger partial charge in [-0.15, -0.1) is 49.6 Å². The monoisotopic (exact) mass is 396 g/mol. The second-order valence-electron chi connectivity index (χ2n) is 5.42. The van der Waals surface area contributed by atoms with Gasteiger partial charge in [0.15, 0.2) is 0 Å². The van der Waals surface area contributed by atoms with Crippen LogP contribution in [0.5, 0.6) is 0 Å². The van der Waals surface area contributed by atoms with Gasteiger partial charge in [-0.25, -0.2) is 0 Å². The van der Waals surface area contributed by atoms with Crippen LogP contribution in [0.1, 0.15) is 0 Å². The number of fused-ring (bicyclic) bond motifs is 2. The van der Waals surface area contributed by atoms with E-state index in [1.165, 1.54) is 43.1 Å². The van der Waals surface area contributed by atoms with Gasteiger partial charge >= 0.3 is 0 Å². The van der Waals surface area contributed by atoms with Crippen molar-refractivity contribution in [1.82, 2.24) is 0 Å². The Morgan fingerprint density at radius 3 is 0.833 bits per heavy atom. The topological polar surface area (TPSA) is 0 Å². The highest BCUT2D eigenvalue weighted by Gasteiger charge is 2.11. The van der Waals surface area contributed by atoms with E-state index >= 15 is 0 Å². The Labute approximate surface area is 165 Å². The zero-order valence-corrected chi connectivity index (χ0v) is 15.8. The van der Waals surface area contributed by atoms with Crippen LogP contribution in [0.2, 0.25) is 0 Å². The molecule has 0 atom stereocenters. The molecule has 0 aliphatic heterocycles. The average molecular weight is 398 g/mol. The molecule has 0 aliphatic rings. The van der Waals surface area contributed by atoms with Crippen LogP contribution in [0.15, 0.2) is 72.8 Å². The van der Waals surface area contributed by atoms with Crippen LogP contribution in [0.4, 0.5) is 0 Å². The van der Waals surface area contributed by atoms with Gasteiger partial charge in [-0.2, -0.15) is 0 Å². The van der Waals surface area contributed by atoms with E-state index in [2.05, 4.69) is 72.8 Å². The van der Waals surface area contributed by atoms with E-state index in [1.54, 1.807) is 0 Å². The molecular formula is C20H16Cl4. The summed E-state index contributed by atoms with van der Waals surface area (Å²) in [5, 5.41) is 10.9. The molecule has 0 radical (unpaired) electrons. The maximum Gasteiger partial charge on any atom is -0.00264 e. The van der Waals surface area contributed by atoms with E-state index in [-0.39, 0.29) is 49.6 Å². The quantitative estimate of drug-likeness (QED) is 0.188. The van der Waals surface area contributed by atoms with Crippen molar-refractivity contribution >= 4 is 92.7 Å². The van der Waals surface area contributed by atoms with Crippen LogP contribution >= 0.6 is 49.6 Å². The molecule has 0 nitrogen and oxygen atoms in total. The molecule has 0 aliphatic carbocycles. The predicted molar refractivity (Wildman–Crippen MR) is 117 cm³/mol. The summed E-state index contributed by atoms with van der Waals surface area (Å²) in [4.78, 5) is 0. The molecular weight excluding hydrogens is 382 g/mol. The van der Waals surface area contributed by atoms with Crippen molar-refractivity contribution in [3.63, 3.8) is 0 Å². The molecule has 0 amide bonds. The second-order valence-corrected chi connectivity index (χ2v) is 5.42. The summed E-state index contributed by atoms with van der Waals surface area (Å²) in [5.41, 5.74) is 0. The minimum Gasteiger partial charge on any atom is -0.147 e. The van der Waals surface area contributed by atoms with Crippen molar-refractivity contribution in [1.29, 1.82) is 0 Å². The number of halogens is 4. The summed E-state index contributed by atoms with van der Waals surface area (Å²) in [6, 6.07) is 26.4. The fraction of sp³-hybridized carbons (Fsp3) is 0. The molecule has 0 unspecified atom stereocenters. The Balaban J connectivity index is 0.000000720. The molecule has 0 aromatic heterocycles. The molecule has 0 saturated carbocycles. The highest BCUT2D eigenvalue weighted by atomic mass is 35.5. The lowest BCUT2D eigenvalue weighted by atomic mass is 9.90. The van der Waals surface area contributed by atoms with Crippen LogP contribution in [-0.4, -0.2) is 0 Å². The average Bonchev–Trinajstić information content (AvgIpc) is 2.52. The van der Waals surface area contributed by atoms with Crippen molar-refractivity contribution < 1.29 is 0 Å². The molecule has 5 aromatic rings. The summed E-state index contributed by atoms with van der Waals surface area (Å²) in [7, 11) is 0. The highest BCUT2D eigenvalue weighted by Crippen LogP contribution is 2.39. The smallest absolute Gasteiger partial charge is 0.00264 e. The summed E-state index contributed by atoms with van der Waals surface area (Å²) in [6.07, 6.45) is 0. The van der Waals surface area contributed by atoms with Gasteiger partial charge in [-0.3, -0.25) is 0 Å². The lowest BCUT2D eigenvalue weighted by molar-refractivity contribution is 1.78. The first-order chi connectivity index (χ1) is 9.93. The normalized spacial score (nSPS) is 10.0. The van der Waals surface area contributed by atoms with Gasteiger partial charge in [-0.05, 0) is 43.1 Å². The first-order valence-electron chi connectivity index (χ1n) is 6.98. The molecule has 0 heterocycles. The Bertz CT molecular complexity index is 933. The molecule has 5 rings (SSSR count). The summed E-state index contributed by atoms with van der Waals surface area (Å²) < 4.78 is 0. The summed E-state index contributed by atoms with van der Waals surface area (Å²) >= 11 is 0. The third-order valence-corrected chi connectivity index (χ3v) is 4.39. The van der Waals surface area contributed by atoms with Crippen LogP contribution < -0.4 is 0 Å². The molecule has 0 fully saturated rings. The minimum absolute atomic E-state index is 0.